The normalized spacial score (nSPS) is 12.5. The first-order valence-corrected chi connectivity index (χ1v) is 7.70. The topological polar surface area (TPSA) is 57.2 Å². The molecule has 2 N–H and O–H groups in total. The van der Waals surface area contributed by atoms with E-state index in [2.05, 4.69) is 0 Å². The molecule has 0 saturated carbocycles. The van der Waals surface area contributed by atoms with Crippen molar-refractivity contribution in [2.24, 2.45) is 5.73 Å². The van der Waals surface area contributed by atoms with E-state index in [9.17, 15) is 4.79 Å². The SMILES string of the molecule is CCn1c(-c2cccc(OC(C)C)c2)ccc(C(C)N)c1=O. The predicted octanol–water partition coefficient (Wildman–Crippen LogP) is 3.34. The number of hydrogen-bond donors (Lipinski definition) is 1. The van der Waals surface area contributed by atoms with Crippen molar-refractivity contribution in [1.29, 1.82) is 0 Å². The first kappa shape index (κ1) is 16.3. The molecule has 2 rings (SSSR count). The number of aromatic nitrogens is 1. The third-order valence-electron chi connectivity index (χ3n) is 3.51. The van der Waals surface area contributed by atoms with Crippen molar-refractivity contribution in [2.75, 3.05) is 0 Å². The van der Waals surface area contributed by atoms with Gasteiger partial charge in [-0.1, -0.05) is 12.1 Å². The summed E-state index contributed by atoms with van der Waals surface area (Å²) in [5, 5.41) is 0. The number of rotatable bonds is 5. The molecule has 2 aromatic rings. The molecule has 4 heteroatoms. The Bertz CT molecular complexity index is 702. The zero-order valence-corrected chi connectivity index (χ0v) is 13.7. The molecule has 118 valence electrons. The van der Waals surface area contributed by atoms with Gasteiger partial charge in [0.15, 0.2) is 0 Å². The Labute approximate surface area is 131 Å². The van der Waals surface area contributed by atoms with Gasteiger partial charge >= 0.3 is 0 Å². The van der Waals surface area contributed by atoms with Crippen molar-refractivity contribution in [1.82, 2.24) is 4.57 Å². The van der Waals surface area contributed by atoms with Crippen LogP contribution in [0.2, 0.25) is 0 Å². The minimum absolute atomic E-state index is 0.0230. The first-order chi connectivity index (χ1) is 10.4. The maximum Gasteiger partial charge on any atom is 0.255 e. The molecule has 0 fully saturated rings. The Balaban J connectivity index is 2.53. The average molecular weight is 300 g/mol. The fraction of sp³-hybridized carbons (Fsp3) is 0.389. The van der Waals surface area contributed by atoms with Gasteiger partial charge in [-0.2, -0.15) is 0 Å². The molecule has 22 heavy (non-hydrogen) atoms. The van der Waals surface area contributed by atoms with Gasteiger partial charge in [0.05, 0.1) is 11.8 Å². The minimum atomic E-state index is -0.269. The number of nitrogens with two attached hydrogens (primary N) is 1. The first-order valence-electron chi connectivity index (χ1n) is 7.70. The molecule has 0 aliphatic heterocycles. The maximum atomic E-state index is 12.5. The van der Waals surface area contributed by atoms with Crippen LogP contribution in [0.3, 0.4) is 0 Å². The van der Waals surface area contributed by atoms with Crippen molar-refractivity contribution < 1.29 is 4.74 Å². The molecule has 0 radical (unpaired) electrons. The van der Waals surface area contributed by atoms with Crippen molar-refractivity contribution in [3.63, 3.8) is 0 Å². The summed E-state index contributed by atoms with van der Waals surface area (Å²) in [6.07, 6.45) is 0.115. The van der Waals surface area contributed by atoms with Gasteiger partial charge < -0.3 is 15.0 Å². The monoisotopic (exact) mass is 300 g/mol. The summed E-state index contributed by atoms with van der Waals surface area (Å²) in [5.74, 6) is 0.805. The Hall–Kier alpha value is -2.07. The van der Waals surface area contributed by atoms with E-state index < -0.39 is 0 Å². The molecular weight excluding hydrogens is 276 g/mol. The third-order valence-corrected chi connectivity index (χ3v) is 3.51. The van der Waals surface area contributed by atoms with Crippen LogP contribution in [0.4, 0.5) is 0 Å². The average Bonchev–Trinajstić information content (AvgIpc) is 2.46. The molecule has 1 unspecified atom stereocenters. The van der Waals surface area contributed by atoms with E-state index in [0.29, 0.717) is 12.1 Å². The molecule has 1 aromatic carbocycles. The van der Waals surface area contributed by atoms with Gasteiger partial charge in [-0.15, -0.1) is 0 Å². The predicted molar refractivity (Wildman–Crippen MR) is 90.2 cm³/mol. The van der Waals surface area contributed by atoms with Crippen molar-refractivity contribution in [2.45, 2.75) is 46.4 Å². The van der Waals surface area contributed by atoms with Crippen LogP contribution in [0, 0.1) is 0 Å². The maximum absolute atomic E-state index is 12.5. The van der Waals surface area contributed by atoms with Crippen LogP contribution in [0.15, 0.2) is 41.2 Å². The van der Waals surface area contributed by atoms with Gasteiger partial charge in [0, 0.05) is 23.7 Å². The molecule has 1 atom stereocenters. The van der Waals surface area contributed by atoms with Crippen molar-refractivity contribution in [3.8, 4) is 17.0 Å². The lowest BCUT2D eigenvalue weighted by Crippen LogP contribution is -2.27. The fourth-order valence-corrected chi connectivity index (χ4v) is 2.51. The summed E-state index contributed by atoms with van der Waals surface area (Å²) in [6.45, 7) is 8.37. The van der Waals surface area contributed by atoms with Gasteiger partial charge in [0.1, 0.15) is 5.75 Å². The van der Waals surface area contributed by atoms with E-state index in [1.807, 2.05) is 64.1 Å². The zero-order chi connectivity index (χ0) is 16.3. The Morgan fingerprint density at radius 3 is 2.50 bits per heavy atom. The highest BCUT2D eigenvalue weighted by Gasteiger charge is 2.12. The van der Waals surface area contributed by atoms with Crippen LogP contribution in [-0.4, -0.2) is 10.7 Å². The van der Waals surface area contributed by atoms with Crippen molar-refractivity contribution in [3.05, 3.63) is 52.3 Å². The Morgan fingerprint density at radius 2 is 1.91 bits per heavy atom. The molecule has 0 aliphatic carbocycles. The summed E-state index contributed by atoms with van der Waals surface area (Å²) in [7, 11) is 0. The number of pyridine rings is 1. The molecule has 1 aromatic heterocycles. The summed E-state index contributed by atoms with van der Waals surface area (Å²) >= 11 is 0. The number of ether oxygens (including phenoxy) is 1. The molecule has 0 saturated heterocycles. The molecular formula is C18H24N2O2. The van der Waals surface area contributed by atoms with Crippen molar-refractivity contribution >= 4 is 0 Å². The smallest absolute Gasteiger partial charge is 0.255 e. The lowest BCUT2D eigenvalue weighted by Gasteiger charge is -2.16. The van der Waals surface area contributed by atoms with Gasteiger partial charge in [-0.25, -0.2) is 0 Å². The van der Waals surface area contributed by atoms with Crippen LogP contribution < -0.4 is 16.0 Å². The quantitative estimate of drug-likeness (QED) is 0.921. The Morgan fingerprint density at radius 1 is 1.18 bits per heavy atom. The second-order valence-electron chi connectivity index (χ2n) is 5.71. The van der Waals surface area contributed by atoms with Gasteiger partial charge in [0.2, 0.25) is 0 Å². The molecule has 0 spiro atoms. The second-order valence-corrected chi connectivity index (χ2v) is 5.71. The fourth-order valence-electron chi connectivity index (χ4n) is 2.51. The standard InChI is InChI=1S/C18H24N2O2/c1-5-20-17(10-9-16(13(4)19)18(20)21)14-7-6-8-15(11-14)22-12(2)3/h6-13H,5,19H2,1-4H3. The summed E-state index contributed by atoms with van der Waals surface area (Å²) in [6, 6.07) is 11.3. The largest absolute Gasteiger partial charge is 0.491 e. The number of hydrogen-bond acceptors (Lipinski definition) is 3. The summed E-state index contributed by atoms with van der Waals surface area (Å²) < 4.78 is 7.49. The second kappa shape index (κ2) is 6.79. The van der Waals surface area contributed by atoms with Crippen LogP contribution >= 0.6 is 0 Å². The summed E-state index contributed by atoms with van der Waals surface area (Å²) in [5.41, 5.74) is 8.34. The highest BCUT2D eigenvalue weighted by Crippen LogP contribution is 2.24. The molecule has 4 nitrogen and oxygen atoms in total. The molecule has 1 heterocycles. The number of nitrogens with zero attached hydrogens (tertiary/aromatic N) is 1. The van der Waals surface area contributed by atoms with E-state index in [0.717, 1.165) is 17.0 Å². The molecule has 0 amide bonds. The van der Waals surface area contributed by atoms with Gasteiger partial charge in [-0.3, -0.25) is 4.79 Å². The van der Waals surface area contributed by atoms with E-state index in [4.69, 9.17) is 10.5 Å². The van der Waals surface area contributed by atoms with Crippen LogP contribution in [0.5, 0.6) is 5.75 Å². The van der Waals surface area contributed by atoms with E-state index in [1.54, 1.807) is 4.57 Å². The van der Waals surface area contributed by atoms with Crippen LogP contribution in [0.1, 0.15) is 39.3 Å². The molecule has 0 bridgehead atoms. The molecule has 0 aliphatic rings. The highest BCUT2D eigenvalue weighted by atomic mass is 16.5. The lowest BCUT2D eigenvalue weighted by atomic mass is 10.1. The van der Waals surface area contributed by atoms with E-state index in [1.165, 1.54) is 0 Å². The van der Waals surface area contributed by atoms with Crippen LogP contribution in [0.25, 0.3) is 11.3 Å². The Kier molecular flexibility index (Phi) is 5.03. The number of benzene rings is 1. The summed E-state index contributed by atoms with van der Waals surface area (Å²) in [4.78, 5) is 12.5. The van der Waals surface area contributed by atoms with Gasteiger partial charge in [-0.05, 0) is 52.0 Å². The van der Waals surface area contributed by atoms with Crippen LogP contribution in [-0.2, 0) is 6.54 Å². The lowest BCUT2D eigenvalue weighted by molar-refractivity contribution is 0.242. The van der Waals surface area contributed by atoms with E-state index >= 15 is 0 Å². The van der Waals surface area contributed by atoms with E-state index in [-0.39, 0.29) is 17.7 Å². The zero-order valence-electron chi connectivity index (χ0n) is 13.7. The highest BCUT2D eigenvalue weighted by molar-refractivity contribution is 5.62. The third kappa shape index (κ3) is 3.39. The van der Waals surface area contributed by atoms with Gasteiger partial charge in [0.25, 0.3) is 5.56 Å². The minimum Gasteiger partial charge on any atom is -0.491 e.